The molecule has 0 aromatic heterocycles. The van der Waals surface area contributed by atoms with Gasteiger partial charge in [-0.25, -0.2) is 4.79 Å². The SMILES string of the molecule is CN1CCc2cc(C=CC(=O)O)ccc2C1. The molecule has 16 heavy (non-hydrogen) atoms. The summed E-state index contributed by atoms with van der Waals surface area (Å²) in [4.78, 5) is 12.7. The van der Waals surface area contributed by atoms with E-state index in [1.807, 2.05) is 6.07 Å². The highest BCUT2D eigenvalue weighted by Gasteiger charge is 2.12. The van der Waals surface area contributed by atoms with E-state index in [1.165, 1.54) is 17.2 Å². The molecule has 0 fully saturated rings. The van der Waals surface area contributed by atoms with Gasteiger partial charge in [0.25, 0.3) is 0 Å². The molecule has 84 valence electrons. The predicted molar refractivity (Wildman–Crippen MR) is 63.1 cm³/mol. The van der Waals surface area contributed by atoms with Crippen LogP contribution in [0.3, 0.4) is 0 Å². The molecule has 1 N–H and O–H groups in total. The maximum absolute atomic E-state index is 10.4. The van der Waals surface area contributed by atoms with E-state index in [-0.39, 0.29) is 0 Å². The van der Waals surface area contributed by atoms with Crippen LogP contribution >= 0.6 is 0 Å². The third-order valence-corrected chi connectivity index (χ3v) is 2.85. The molecule has 3 nitrogen and oxygen atoms in total. The number of fused-ring (bicyclic) bond motifs is 1. The number of carboxylic acids is 1. The fraction of sp³-hybridized carbons (Fsp3) is 0.308. The van der Waals surface area contributed by atoms with Crippen LogP contribution in [0.25, 0.3) is 6.08 Å². The summed E-state index contributed by atoms with van der Waals surface area (Å²) in [5.41, 5.74) is 3.65. The van der Waals surface area contributed by atoms with Crippen LogP contribution in [-0.2, 0) is 17.8 Å². The summed E-state index contributed by atoms with van der Waals surface area (Å²) in [5.74, 6) is -0.905. The van der Waals surface area contributed by atoms with Crippen molar-refractivity contribution in [3.05, 3.63) is 41.0 Å². The fourth-order valence-corrected chi connectivity index (χ4v) is 1.99. The molecule has 0 bridgehead atoms. The number of nitrogens with zero attached hydrogens (tertiary/aromatic N) is 1. The molecule has 0 saturated heterocycles. The van der Waals surface area contributed by atoms with Crippen molar-refractivity contribution in [1.29, 1.82) is 0 Å². The Morgan fingerprint density at radius 2 is 2.25 bits per heavy atom. The summed E-state index contributed by atoms with van der Waals surface area (Å²) >= 11 is 0. The molecule has 0 spiro atoms. The first-order valence-corrected chi connectivity index (χ1v) is 5.36. The average molecular weight is 217 g/mol. The number of hydrogen-bond donors (Lipinski definition) is 1. The Bertz CT molecular complexity index is 438. The number of hydrogen-bond acceptors (Lipinski definition) is 2. The van der Waals surface area contributed by atoms with E-state index in [0.29, 0.717) is 0 Å². The molecular formula is C13H15NO2. The van der Waals surface area contributed by atoms with Crippen LogP contribution in [0.5, 0.6) is 0 Å². The standard InChI is InChI=1S/C13H15NO2/c1-14-7-6-11-8-10(3-5-13(15)16)2-4-12(11)9-14/h2-5,8H,6-7,9H2,1H3,(H,15,16). The summed E-state index contributed by atoms with van der Waals surface area (Å²) in [5, 5.41) is 8.55. The summed E-state index contributed by atoms with van der Waals surface area (Å²) in [6.07, 6.45) is 3.86. The second kappa shape index (κ2) is 4.49. The molecule has 1 aliphatic rings. The van der Waals surface area contributed by atoms with Gasteiger partial charge in [0.05, 0.1) is 0 Å². The van der Waals surface area contributed by atoms with Crippen LogP contribution in [0.2, 0.25) is 0 Å². The first kappa shape index (κ1) is 10.9. The number of rotatable bonds is 2. The van der Waals surface area contributed by atoms with Gasteiger partial charge in [-0.3, -0.25) is 0 Å². The predicted octanol–water partition coefficient (Wildman–Crippen LogP) is 1.77. The maximum Gasteiger partial charge on any atom is 0.328 e. The Morgan fingerprint density at radius 1 is 1.44 bits per heavy atom. The van der Waals surface area contributed by atoms with Crippen LogP contribution in [0.4, 0.5) is 0 Å². The third-order valence-electron chi connectivity index (χ3n) is 2.85. The van der Waals surface area contributed by atoms with Gasteiger partial charge >= 0.3 is 5.97 Å². The Morgan fingerprint density at radius 3 is 3.00 bits per heavy atom. The van der Waals surface area contributed by atoms with Crippen LogP contribution in [-0.4, -0.2) is 29.6 Å². The zero-order valence-electron chi connectivity index (χ0n) is 9.31. The van der Waals surface area contributed by atoms with Crippen molar-refractivity contribution in [2.45, 2.75) is 13.0 Å². The summed E-state index contributed by atoms with van der Waals surface area (Å²) in [7, 11) is 2.11. The third kappa shape index (κ3) is 2.49. The van der Waals surface area contributed by atoms with Crippen LogP contribution < -0.4 is 0 Å². The highest BCUT2D eigenvalue weighted by atomic mass is 16.4. The highest BCUT2D eigenvalue weighted by Crippen LogP contribution is 2.19. The molecule has 1 aromatic rings. The summed E-state index contributed by atoms with van der Waals surface area (Å²) in [6.45, 7) is 2.05. The largest absolute Gasteiger partial charge is 0.478 e. The lowest BCUT2D eigenvalue weighted by Crippen LogP contribution is -2.26. The van der Waals surface area contributed by atoms with Crippen molar-refractivity contribution in [3.63, 3.8) is 0 Å². The second-order valence-electron chi connectivity index (χ2n) is 4.19. The zero-order chi connectivity index (χ0) is 11.5. The van der Waals surface area contributed by atoms with Gasteiger partial charge in [-0.05, 0) is 36.2 Å². The van der Waals surface area contributed by atoms with Gasteiger partial charge < -0.3 is 10.0 Å². The minimum Gasteiger partial charge on any atom is -0.478 e. The van der Waals surface area contributed by atoms with Gasteiger partial charge in [-0.15, -0.1) is 0 Å². The molecule has 0 aliphatic carbocycles. The van der Waals surface area contributed by atoms with E-state index in [1.54, 1.807) is 6.08 Å². The van der Waals surface area contributed by atoms with Gasteiger partial charge in [-0.1, -0.05) is 18.2 Å². The average Bonchev–Trinajstić information content (AvgIpc) is 2.26. The van der Waals surface area contributed by atoms with Gasteiger partial charge in [0.2, 0.25) is 0 Å². The lowest BCUT2D eigenvalue weighted by molar-refractivity contribution is -0.131. The molecule has 0 saturated carbocycles. The molecule has 0 radical (unpaired) electrons. The normalized spacial score (nSPS) is 16.3. The Labute approximate surface area is 95.0 Å². The number of carbonyl (C=O) groups is 1. The monoisotopic (exact) mass is 217 g/mol. The Kier molecular flexibility index (Phi) is 3.06. The van der Waals surface area contributed by atoms with Crippen molar-refractivity contribution in [2.75, 3.05) is 13.6 Å². The van der Waals surface area contributed by atoms with Gasteiger partial charge in [0.1, 0.15) is 0 Å². The Balaban J connectivity index is 2.23. The molecular weight excluding hydrogens is 202 g/mol. The van der Waals surface area contributed by atoms with Gasteiger partial charge in [-0.2, -0.15) is 0 Å². The van der Waals surface area contributed by atoms with E-state index < -0.39 is 5.97 Å². The van der Waals surface area contributed by atoms with E-state index in [0.717, 1.165) is 25.1 Å². The summed E-state index contributed by atoms with van der Waals surface area (Å²) < 4.78 is 0. The molecule has 3 heteroatoms. The van der Waals surface area contributed by atoms with E-state index in [2.05, 4.69) is 24.1 Å². The van der Waals surface area contributed by atoms with E-state index >= 15 is 0 Å². The van der Waals surface area contributed by atoms with E-state index in [9.17, 15) is 4.79 Å². The second-order valence-corrected chi connectivity index (χ2v) is 4.19. The quantitative estimate of drug-likeness (QED) is 0.767. The van der Waals surface area contributed by atoms with Crippen molar-refractivity contribution in [1.82, 2.24) is 4.90 Å². The van der Waals surface area contributed by atoms with Crippen molar-refractivity contribution < 1.29 is 9.90 Å². The van der Waals surface area contributed by atoms with Crippen LogP contribution in [0, 0.1) is 0 Å². The number of aliphatic carboxylic acids is 1. The fourth-order valence-electron chi connectivity index (χ4n) is 1.99. The zero-order valence-corrected chi connectivity index (χ0v) is 9.31. The molecule has 0 amide bonds. The van der Waals surface area contributed by atoms with Crippen LogP contribution in [0.1, 0.15) is 16.7 Å². The van der Waals surface area contributed by atoms with Crippen molar-refractivity contribution in [2.24, 2.45) is 0 Å². The van der Waals surface area contributed by atoms with Crippen LogP contribution in [0.15, 0.2) is 24.3 Å². The maximum atomic E-state index is 10.4. The first-order chi connectivity index (χ1) is 7.65. The highest BCUT2D eigenvalue weighted by molar-refractivity contribution is 5.85. The topological polar surface area (TPSA) is 40.5 Å². The molecule has 0 atom stereocenters. The summed E-state index contributed by atoms with van der Waals surface area (Å²) in [6, 6.07) is 6.14. The number of likely N-dealkylation sites (N-methyl/N-ethyl adjacent to an activating group) is 1. The van der Waals surface area contributed by atoms with E-state index in [4.69, 9.17) is 5.11 Å². The Hall–Kier alpha value is -1.61. The molecule has 2 rings (SSSR count). The molecule has 0 unspecified atom stereocenters. The lowest BCUT2D eigenvalue weighted by atomic mass is 9.97. The molecule has 1 heterocycles. The number of benzene rings is 1. The van der Waals surface area contributed by atoms with Crippen molar-refractivity contribution >= 4 is 12.0 Å². The lowest BCUT2D eigenvalue weighted by Gasteiger charge is -2.25. The smallest absolute Gasteiger partial charge is 0.328 e. The van der Waals surface area contributed by atoms with Gasteiger partial charge in [0.15, 0.2) is 0 Å². The minimum absolute atomic E-state index is 0.905. The van der Waals surface area contributed by atoms with Crippen molar-refractivity contribution in [3.8, 4) is 0 Å². The minimum atomic E-state index is -0.905. The first-order valence-electron chi connectivity index (χ1n) is 5.36. The number of carboxylic acid groups (broad SMARTS) is 1. The molecule has 1 aliphatic heterocycles. The molecule has 1 aromatic carbocycles. The van der Waals surface area contributed by atoms with Gasteiger partial charge in [0, 0.05) is 19.2 Å².